The van der Waals surface area contributed by atoms with Crippen molar-refractivity contribution in [3.63, 3.8) is 0 Å². The van der Waals surface area contributed by atoms with Crippen LogP contribution < -0.4 is 5.32 Å². The second kappa shape index (κ2) is 7.85. The van der Waals surface area contributed by atoms with E-state index in [2.05, 4.69) is 54.6 Å². The summed E-state index contributed by atoms with van der Waals surface area (Å²) in [5, 5.41) is 3.46. The van der Waals surface area contributed by atoms with E-state index < -0.39 is 0 Å². The van der Waals surface area contributed by atoms with Gasteiger partial charge in [-0.1, -0.05) is 37.3 Å². The molecule has 1 N–H and O–H groups in total. The second-order valence-electron chi connectivity index (χ2n) is 5.68. The number of rotatable bonds is 7. The summed E-state index contributed by atoms with van der Waals surface area (Å²) in [6, 6.07) is 10.7. The van der Waals surface area contributed by atoms with Crippen molar-refractivity contribution in [3.8, 4) is 0 Å². The van der Waals surface area contributed by atoms with Gasteiger partial charge in [0.1, 0.15) is 0 Å². The molecule has 0 aliphatic carbocycles. The number of carbonyl (C=O) groups excluding carboxylic acids is 1. The number of benzene rings is 1. The molecule has 4 heteroatoms. The van der Waals surface area contributed by atoms with Crippen molar-refractivity contribution in [2.45, 2.75) is 51.4 Å². The number of nitrogens with zero attached hydrogens (tertiary/aromatic N) is 1. The van der Waals surface area contributed by atoms with Crippen LogP contribution >= 0.6 is 11.8 Å². The maximum atomic E-state index is 12.7. The minimum atomic E-state index is -0.0314. The van der Waals surface area contributed by atoms with Gasteiger partial charge in [-0.3, -0.25) is 10.1 Å². The zero-order valence-corrected chi connectivity index (χ0v) is 14.0. The van der Waals surface area contributed by atoms with Gasteiger partial charge in [-0.15, -0.1) is 0 Å². The van der Waals surface area contributed by atoms with Gasteiger partial charge in [0.05, 0.1) is 12.2 Å². The van der Waals surface area contributed by atoms with Crippen molar-refractivity contribution in [2.24, 2.45) is 0 Å². The van der Waals surface area contributed by atoms with Gasteiger partial charge in [0.25, 0.3) is 0 Å². The third-order valence-corrected chi connectivity index (χ3v) is 4.92. The lowest BCUT2D eigenvalue weighted by atomic mass is 10.1. The first kappa shape index (κ1) is 16.4. The van der Waals surface area contributed by atoms with E-state index in [1.807, 2.05) is 17.8 Å². The molecule has 1 aliphatic heterocycles. The zero-order chi connectivity index (χ0) is 15.2. The van der Waals surface area contributed by atoms with Gasteiger partial charge < -0.3 is 4.90 Å². The summed E-state index contributed by atoms with van der Waals surface area (Å²) in [5.41, 5.74) is 1.30. The average molecular weight is 306 g/mol. The highest BCUT2D eigenvalue weighted by Gasteiger charge is 2.39. The Kier molecular flexibility index (Phi) is 6.12. The highest BCUT2D eigenvalue weighted by molar-refractivity contribution is 7.98. The maximum absolute atomic E-state index is 12.7. The van der Waals surface area contributed by atoms with Crippen LogP contribution in [0.1, 0.15) is 32.3 Å². The quantitative estimate of drug-likeness (QED) is 0.840. The van der Waals surface area contributed by atoms with Crippen LogP contribution in [0.25, 0.3) is 0 Å². The van der Waals surface area contributed by atoms with Gasteiger partial charge in [0.15, 0.2) is 0 Å². The van der Waals surface area contributed by atoms with Crippen molar-refractivity contribution in [2.75, 3.05) is 12.0 Å². The van der Waals surface area contributed by atoms with E-state index in [4.69, 9.17) is 0 Å². The van der Waals surface area contributed by atoms with Gasteiger partial charge in [-0.25, -0.2) is 0 Å². The lowest BCUT2D eigenvalue weighted by molar-refractivity contribution is -0.131. The van der Waals surface area contributed by atoms with Crippen LogP contribution in [0.5, 0.6) is 0 Å². The molecule has 1 aliphatic rings. The fraction of sp³-hybridized carbons (Fsp3) is 0.588. The Morgan fingerprint density at radius 2 is 2.05 bits per heavy atom. The van der Waals surface area contributed by atoms with Crippen LogP contribution in [-0.2, 0) is 11.2 Å². The smallest absolute Gasteiger partial charge is 0.241 e. The van der Waals surface area contributed by atoms with E-state index in [0.717, 1.165) is 25.0 Å². The first-order chi connectivity index (χ1) is 10.2. The molecule has 3 atom stereocenters. The molecule has 0 spiro atoms. The number of carbonyl (C=O) groups is 1. The van der Waals surface area contributed by atoms with Gasteiger partial charge in [0.2, 0.25) is 5.91 Å². The van der Waals surface area contributed by atoms with E-state index in [1.165, 1.54) is 5.56 Å². The van der Waals surface area contributed by atoms with E-state index in [0.29, 0.717) is 6.04 Å². The molecule has 1 fully saturated rings. The highest BCUT2D eigenvalue weighted by atomic mass is 32.2. The molecule has 3 unspecified atom stereocenters. The second-order valence-corrected chi connectivity index (χ2v) is 6.59. The largest absolute Gasteiger partial charge is 0.322 e. The molecule has 116 valence electrons. The Balaban J connectivity index is 1.95. The summed E-state index contributed by atoms with van der Waals surface area (Å²) in [5.74, 6) is 1.29. The highest BCUT2D eigenvalue weighted by Crippen LogP contribution is 2.21. The zero-order valence-electron chi connectivity index (χ0n) is 13.2. The third kappa shape index (κ3) is 4.01. The van der Waals surface area contributed by atoms with Crippen LogP contribution in [0.15, 0.2) is 30.3 Å². The Labute approximate surface area is 132 Å². The average Bonchev–Trinajstić information content (AvgIpc) is 2.78. The lowest BCUT2D eigenvalue weighted by Gasteiger charge is -2.29. The van der Waals surface area contributed by atoms with Crippen molar-refractivity contribution in [3.05, 3.63) is 35.9 Å². The molecule has 0 saturated carbocycles. The van der Waals surface area contributed by atoms with E-state index in [9.17, 15) is 4.79 Å². The van der Waals surface area contributed by atoms with E-state index >= 15 is 0 Å². The molecule has 1 aromatic carbocycles. The molecular weight excluding hydrogens is 280 g/mol. The minimum absolute atomic E-state index is 0.0314. The van der Waals surface area contributed by atoms with Gasteiger partial charge in [-0.2, -0.15) is 11.8 Å². The van der Waals surface area contributed by atoms with Crippen LogP contribution in [0.3, 0.4) is 0 Å². The predicted octanol–water partition coefficient (Wildman–Crippen LogP) is 2.91. The van der Waals surface area contributed by atoms with E-state index in [-0.39, 0.29) is 18.1 Å². The predicted molar refractivity (Wildman–Crippen MR) is 90.5 cm³/mol. The van der Waals surface area contributed by atoms with Crippen molar-refractivity contribution < 1.29 is 4.79 Å². The molecule has 3 nitrogen and oxygen atoms in total. The van der Waals surface area contributed by atoms with Crippen molar-refractivity contribution >= 4 is 17.7 Å². The Morgan fingerprint density at radius 3 is 2.67 bits per heavy atom. The molecule has 1 heterocycles. The number of hydrogen-bond acceptors (Lipinski definition) is 3. The number of nitrogens with one attached hydrogen (secondary N) is 1. The molecule has 0 radical (unpaired) electrons. The number of amides is 1. The number of hydrogen-bond donors (Lipinski definition) is 1. The molecule has 1 saturated heterocycles. The Morgan fingerprint density at radius 1 is 1.33 bits per heavy atom. The Hall–Kier alpha value is -1.00. The van der Waals surface area contributed by atoms with E-state index in [1.54, 1.807) is 0 Å². The summed E-state index contributed by atoms with van der Waals surface area (Å²) >= 11 is 1.82. The molecule has 2 rings (SSSR count). The summed E-state index contributed by atoms with van der Waals surface area (Å²) < 4.78 is 0. The van der Waals surface area contributed by atoms with Crippen LogP contribution in [-0.4, -0.2) is 41.1 Å². The third-order valence-electron chi connectivity index (χ3n) is 4.20. The Bertz CT molecular complexity index is 451. The van der Waals surface area contributed by atoms with Crippen molar-refractivity contribution in [1.29, 1.82) is 0 Å². The van der Waals surface area contributed by atoms with Gasteiger partial charge >= 0.3 is 0 Å². The number of aryl methyl sites for hydroxylation is 1. The topological polar surface area (TPSA) is 32.3 Å². The maximum Gasteiger partial charge on any atom is 0.241 e. The van der Waals surface area contributed by atoms with Crippen LogP contribution in [0.2, 0.25) is 0 Å². The summed E-state index contributed by atoms with van der Waals surface area (Å²) in [4.78, 5) is 14.7. The normalized spacial score (nSPS) is 23.6. The van der Waals surface area contributed by atoms with Gasteiger partial charge in [-0.05, 0) is 38.0 Å². The van der Waals surface area contributed by atoms with Crippen molar-refractivity contribution in [1.82, 2.24) is 10.2 Å². The molecule has 21 heavy (non-hydrogen) atoms. The molecule has 1 aromatic rings. The molecule has 0 bridgehead atoms. The first-order valence-corrected chi connectivity index (χ1v) is 9.17. The molecular formula is C17H26N2OS. The minimum Gasteiger partial charge on any atom is -0.322 e. The summed E-state index contributed by atoms with van der Waals surface area (Å²) in [6.45, 7) is 4.27. The van der Waals surface area contributed by atoms with Crippen LogP contribution in [0, 0.1) is 0 Å². The summed E-state index contributed by atoms with van der Waals surface area (Å²) in [6.07, 6.45) is 5.09. The first-order valence-electron chi connectivity index (χ1n) is 7.78. The fourth-order valence-corrected chi connectivity index (χ4v) is 3.84. The number of thioether (sulfide) groups is 1. The monoisotopic (exact) mass is 306 g/mol. The van der Waals surface area contributed by atoms with Gasteiger partial charge in [0, 0.05) is 11.8 Å². The lowest BCUT2D eigenvalue weighted by Crippen LogP contribution is -2.44. The fourth-order valence-electron chi connectivity index (χ4n) is 3.06. The molecule has 1 amide bonds. The van der Waals surface area contributed by atoms with Crippen LogP contribution in [0.4, 0.5) is 0 Å². The standard InChI is InChI=1S/C17H26N2OS/c1-4-15(12-21-3)19-13(2)18-16(17(19)20)11-10-14-8-6-5-7-9-14/h5-9,13,15-16,18H,4,10-12H2,1-3H3. The SMILES string of the molecule is CCC(CSC)N1C(=O)C(CCc2ccccc2)NC1C. The summed E-state index contributed by atoms with van der Waals surface area (Å²) in [7, 11) is 0. The molecule has 0 aromatic heterocycles.